The lowest BCUT2D eigenvalue weighted by molar-refractivity contribution is -0.155. The molecule has 2 aromatic carbocycles. The highest BCUT2D eigenvalue weighted by molar-refractivity contribution is 5.72. The Bertz CT molecular complexity index is 699. The number of methoxy groups -OCH3 is 2. The predicted octanol–water partition coefficient (Wildman–Crippen LogP) is 4.57. The third-order valence-electron chi connectivity index (χ3n) is 3.81. The van der Waals surface area contributed by atoms with Gasteiger partial charge in [-0.3, -0.25) is 4.79 Å². The van der Waals surface area contributed by atoms with Gasteiger partial charge in [-0.15, -0.1) is 0 Å². The van der Waals surface area contributed by atoms with Crippen molar-refractivity contribution in [2.24, 2.45) is 0 Å². The highest BCUT2D eigenvalue weighted by Crippen LogP contribution is 2.32. The quantitative estimate of drug-likeness (QED) is 0.722. The molecular weight excluding hydrogens is 316 g/mol. The smallest absolute Gasteiger partial charge is 0.307 e. The number of esters is 1. The molecule has 0 fully saturated rings. The molecule has 0 aliphatic carbocycles. The lowest BCUT2D eigenvalue weighted by Gasteiger charge is -2.23. The van der Waals surface area contributed by atoms with Crippen LogP contribution in [-0.4, -0.2) is 25.8 Å². The Balaban J connectivity index is 2.34. The van der Waals surface area contributed by atoms with Crippen LogP contribution in [0.3, 0.4) is 0 Å². The fraction of sp³-hybridized carbons (Fsp3) is 0.381. The van der Waals surface area contributed by atoms with Gasteiger partial charge < -0.3 is 14.2 Å². The number of hydrogen-bond donors (Lipinski definition) is 0. The number of ether oxygens (including phenoxy) is 3. The Morgan fingerprint density at radius 3 is 2.12 bits per heavy atom. The van der Waals surface area contributed by atoms with E-state index in [1.165, 1.54) is 0 Å². The lowest BCUT2D eigenvalue weighted by Crippen LogP contribution is -2.25. The van der Waals surface area contributed by atoms with E-state index in [0.717, 1.165) is 22.6 Å². The Hall–Kier alpha value is -2.49. The summed E-state index contributed by atoms with van der Waals surface area (Å²) >= 11 is 0. The van der Waals surface area contributed by atoms with Gasteiger partial charge in [-0.05, 0) is 56.2 Å². The molecule has 2 aromatic rings. The van der Waals surface area contributed by atoms with Crippen LogP contribution < -0.4 is 9.47 Å². The lowest BCUT2D eigenvalue weighted by atomic mass is 9.88. The van der Waals surface area contributed by atoms with E-state index in [9.17, 15) is 4.79 Å². The van der Waals surface area contributed by atoms with Crippen LogP contribution in [0.1, 0.15) is 44.2 Å². The summed E-state index contributed by atoms with van der Waals surface area (Å²) in [5.74, 6) is 1.21. The zero-order chi connectivity index (χ0) is 18.4. The highest BCUT2D eigenvalue weighted by Gasteiger charge is 2.23. The molecular formula is C21H26O4. The van der Waals surface area contributed by atoms with Gasteiger partial charge in [0.05, 0.1) is 20.6 Å². The van der Waals surface area contributed by atoms with Crippen molar-refractivity contribution in [3.05, 3.63) is 59.7 Å². The average molecular weight is 342 g/mol. The van der Waals surface area contributed by atoms with Gasteiger partial charge in [0.2, 0.25) is 0 Å². The van der Waals surface area contributed by atoms with Crippen molar-refractivity contribution >= 4 is 5.97 Å². The van der Waals surface area contributed by atoms with Crippen LogP contribution in [0.2, 0.25) is 0 Å². The first kappa shape index (κ1) is 18.8. The summed E-state index contributed by atoms with van der Waals surface area (Å²) in [4.78, 5) is 12.4. The van der Waals surface area contributed by atoms with Crippen molar-refractivity contribution in [3.63, 3.8) is 0 Å². The van der Waals surface area contributed by atoms with Crippen molar-refractivity contribution in [3.8, 4) is 11.5 Å². The first-order valence-electron chi connectivity index (χ1n) is 8.32. The first-order valence-corrected chi connectivity index (χ1v) is 8.32. The van der Waals surface area contributed by atoms with Gasteiger partial charge in [-0.2, -0.15) is 0 Å². The summed E-state index contributed by atoms with van der Waals surface area (Å²) < 4.78 is 16.1. The van der Waals surface area contributed by atoms with Crippen molar-refractivity contribution < 1.29 is 19.0 Å². The van der Waals surface area contributed by atoms with Crippen molar-refractivity contribution in [2.45, 2.75) is 38.7 Å². The van der Waals surface area contributed by atoms with Gasteiger partial charge in [0.25, 0.3) is 0 Å². The minimum Gasteiger partial charge on any atom is -0.497 e. The summed E-state index contributed by atoms with van der Waals surface area (Å²) in [6, 6.07) is 15.5. The third-order valence-corrected chi connectivity index (χ3v) is 3.81. The molecule has 0 aliphatic heterocycles. The largest absolute Gasteiger partial charge is 0.497 e. The maximum Gasteiger partial charge on any atom is 0.307 e. The summed E-state index contributed by atoms with van der Waals surface area (Å²) in [5.41, 5.74) is 1.53. The van der Waals surface area contributed by atoms with E-state index in [-0.39, 0.29) is 18.3 Å². The molecule has 0 amide bonds. The molecule has 4 nitrogen and oxygen atoms in total. The molecule has 1 atom stereocenters. The van der Waals surface area contributed by atoms with Gasteiger partial charge in [-0.25, -0.2) is 0 Å². The maximum atomic E-state index is 12.4. The van der Waals surface area contributed by atoms with Crippen LogP contribution in [0, 0.1) is 0 Å². The fourth-order valence-corrected chi connectivity index (χ4v) is 2.67. The van der Waals surface area contributed by atoms with Gasteiger partial charge in [-0.1, -0.05) is 24.3 Å². The third kappa shape index (κ3) is 5.52. The summed E-state index contributed by atoms with van der Waals surface area (Å²) in [7, 11) is 3.27. The number of carbonyl (C=O) groups is 1. The second-order valence-corrected chi connectivity index (χ2v) is 6.89. The molecule has 0 aromatic heterocycles. The minimum absolute atomic E-state index is 0.115. The normalized spacial score (nSPS) is 12.4. The molecule has 1 unspecified atom stereocenters. The highest BCUT2D eigenvalue weighted by atomic mass is 16.6. The van der Waals surface area contributed by atoms with E-state index < -0.39 is 5.60 Å². The molecule has 0 bridgehead atoms. The van der Waals surface area contributed by atoms with E-state index in [1.807, 2.05) is 69.3 Å². The molecule has 25 heavy (non-hydrogen) atoms. The monoisotopic (exact) mass is 342 g/mol. The molecule has 0 N–H and O–H groups in total. The molecule has 0 aliphatic rings. The fourth-order valence-electron chi connectivity index (χ4n) is 2.67. The zero-order valence-corrected chi connectivity index (χ0v) is 15.5. The minimum atomic E-state index is -0.504. The SMILES string of the molecule is COc1ccc(C(CC(=O)OC(C)(C)C)c2cccc(OC)c2)cc1. The van der Waals surface area contributed by atoms with Crippen molar-refractivity contribution in [1.29, 1.82) is 0 Å². The van der Waals surface area contributed by atoms with Gasteiger partial charge in [0, 0.05) is 5.92 Å². The topological polar surface area (TPSA) is 44.8 Å². The molecule has 0 heterocycles. The van der Waals surface area contributed by atoms with Crippen molar-refractivity contribution in [1.82, 2.24) is 0 Å². The second kappa shape index (κ2) is 8.06. The molecule has 0 spiro atoms. The van der Waals surface area contributed by atoms with Gasteiger partial charge >= 0.3 is 5.97 Å². The van der Waals surface area contributed by atoms with E-state index in [2.05, 4.69) is 0 Å². The van der Waals surface area contributed by atoms with Crippen LogP contribution in [0.25, 0.3) is 0 Å². The van der Waals surface area contributed by atoms with Crippen LogP contribution in [0.4, 0.5) is 0 Å². The molecule has 0 saturated carbocycles. The van der Waals surface area contributed by atoms with Crippen LogP contribution in [0.5, 0.6) is 11.5 Å². The number of rotatable bonds is 6. The van der Waals surface area contributed by atoms with E-state index >= 15 is 0 Å². The number of hydrogen-bond acceptors (Lipinski definition) is 4. The predicted molar refractivity (Wildman–Crippen MR) is 98.3 cm³/mol. The van der Waals surface area contributed by atoms with E-state index in [0.29, 0.717) is 0 Å². The molecule has 134 valence electrons. The Morgan fingerprint density at radius 2 is 1.56 bits per heavy atom. The van der Waals surface area contributed by atoms with Gasteiger partial charge in [0.1, 0.15) is 17.1 Å². The number of benzene rings is 2. The van der Waals surface area contributed by atoms with E-state index in [1.54, 1.807) is 14.2 Å². The Labute approximate surface area is 149 Å². The zero-order valence-electron chi connectivity index (χ0n) is 15.5. The summed E-state index contributed by atoms with van der Waals surface area (Å²) in [6.45, 7) is 5.62. The average Bonchev–Trinajstić information content (AvgIpc) is 2.58. The van der Waals surface area contributed by atoms with Gasteiger partial charge in [0.15, 0.2) is 0 Å². The van der Waals surface area contributed by atoms with Crippen LogP contribution in [-0.2, 0) is 9.53 Å². The first-order chi connectivity index (χ1) is 11.8. The van der Waals surface area contributed by atoms with Crippen LogP contribution in [0.15, 0.2) is 48.5 Å². The standard InChI is InChI=1S/C21H26O4/c1-21(2,3)25-20(22)14-19(15-9-11-17(23-4)12-10-15)16-7-6-8-18(13-16)24-5/h6-13,19H,14H2,1-5H3. The number of carbonyl (C=O) groups excluding carboxylic acids is 1. The summed E-state index contributed by atoms with van der Waals surface area (Å²) in [6.07, 6.45) is 0.261. The Morgan fingerprint density at radius 1 is 0.920 bits per heavy atom. The maximum absolute atomic E-state index is 12.4. The van der Waals surface area contributed by atoms with E-state index in [4.69, 9.17) is 14.2 Å². The molecule has 0 radical (unpaired) electrons. The van der Waals surface area contributed by atoms with Crippen molar-refractivity contribution in [2.75, 3.05) is 14.2 Å². The molecule has 0 saturated heterocycles. The Kier molecular flexibility index (Phi) is 6.07. The second-order valence-electron chi connectivity index (χ2n) is 6.89. The molecule has 2 rings (SSSR count). The van der Waals surface area contributed by atoms with Crippen LogP contribution >= 0.6 is 0 Å². The molecule has 4 heteroatoms. The summed E-state index contributed by atoms with van der Waals surface area (Å²) in [5, 5.41) is 0.